The normalized spacial score (nSPS) is 14.0. The van der Waals surface area contributed by atoms with Gasteiger partial charge in [0.05, 0.1) is 19.5 Å². The molecular formula is C54H71N13O14. The molecule has 1 aromatic heterocycles. The van der Waals surface area contributed by atoms with Crippen LogP contribution in [-0.4, -0.2) is 148 Å². The van der Waals surface area contributed by atoms with E-state index >= 15 is 0 Å². The van der Waals surface area contributed by atoms with Crippen LogP contribution in [0.1, 0.15) is 70.1 Å². The van der Waals surface area contributed by atoms with Crippen molar-refractivity contribution in [3.05, 3.63) is 102 Å². The molecule has 0 aliphatic heterocycles. The molecule has 27 heteroatoms. The molecule has 18 N–H and O–H groups in total. The Labute approximate surface area is 465 Å². The number of carbonyl (C=O) groups excluding carboxylic acids is 11. The number of amides is 11. The van der Waals surface area contributed by atoms with Crippen molar-refractivity contribution in [3.63, 3.8) is 0 Å². The van der Waals surface area contributed by atoms with Gasteiger partial charge in [0.15, 0.2) is 0 Å². The van der Waals surface area contributed by atoms with Crippen molar-refractivity contribution in [3.8, 4) is 5.75 Å². The number of hydrogen-bond acceptors (Lipinski definition) is 14. The highest BCUT2D eigenvalue weighted by molar-refractivity contribution is 5.99. The number of H-pyrrole nitrogens is 1. The maximum atomic E-state index is 14.7. The molecule has 11 amide bonds. The molecule has 4 rings (SSSR count). The third kappa shape index (κ3) is 21.4. The van der Waals surface area contributed by atoms with E-state index in [1.165, 1.54) is 38.1 Å². The highest BCUT2D eigenvalue weighted by atomic mass is 16.4. The molecule has 81 heavy (non-hydrogen) atoms. The van der Waals surface area contributed by atoms with E-state index in [0.717, 1.165) is 0 Å². The number of fused-ring (bicyclic) bond motifs is 1. The lowest BCUT2D eigenvalue weighted by Crippen LogP contribution is -2.60. The van der Waals surface area contributed by atoms with E-state index in [9.17, 15) is 67.7 Å². The first kappa shape index (κ1) is 64.1. The number of nitrogens with two attached hydrogens (primary N) is 3. The van der Waals surface area contributed by atoms with Crippen LogP contribution in [0.4, 0.5) is 0 Å². The summed E-state index contributed by atoms with van der Waals surface area (Å²) in [6, 6.07) is 10.0. The summed E-state index contributed by atoms with van der Waals surface area (Å²) >= 11 is 0. The van der Waals surface area contributed by atoms with Crippen LogP contribution in [0, 0.1) is 5.92 Å². The Hall–Kier alpha value is -9.40. The molecule has 1 heterocycles. The number of benzene rings is 3. The van der Waals surface area contributed by atoms with E-state index < -0.39 is 139 Å². The minimum Gasteiger partial charge on any atom is -0.508 e. The van der Waals surface area contributed by atoms with Crippen LogP contribution in [0.3, 0.4) is 0 Å². The Morgan fingerprint density at radius 2 is 1.02 bits per heavy atom. The van der Waals surface area contributed by atoms with Gasteiger partial charge in [0.25, 0.3) is 0 Å². The van der Waals surface area contributed by atoms with Crippen molar-refractivity contribution in [2.75, 3.05) is 13.1 Å². The number of rotatable bonds is 32. The molecule has 0 spiro atoms. The second kappa shape index (κ2) is 31.3. The van der Waals surface area contributed by atoms with Crippen molar-refractivity contribution >= 4 is 81.9 Å². The molecule has 0 aliphatic carbocycles. The van der Waals surface area contributed by atoms with Gasteiger partial charge < -0.3 is 80.2 Å². The third-order valence-corrected chi connectivity index (χ3v) is 12.5. The number of carboxylic acid groups (broad SMARTS) is 1. The molecular weight excluding hydrogens is 1050 g/mol. The van der Waals surface area contributed by atoms with Gasteiger partial charge in [-0.25, -0.2) is 4.79 Å². The molecule has 0 bridgehead atoms. The molecule has 0 fully saturated rings. The van der Waals surface area contributed by atoms with Crippen LogP contribution in [-0.2, 0) is 76.8 Å². The highest BCUT2D eigenvalue weighted by Gasteiger charge is 2.35. The van der Waals surface area contributed by atoms with E-state index in [0.29, 0.717) is 27.6 Å². The summed E-state index contributed by atoms with van der Waals surface area (Å²) in [7, 11) is 0. The minimum atomic E-state index is -1.70. The summed E-state index contributed by atoms with van der Waals surface area (Å²) < 4.78 is 0. The Bertz CT molecular complexity index is 2900. The molecule has 8 atom stereocenters. The maximum absolute atomic E-state index is 14.7. The van der Waals surface area contributed by atoms with Gasteiger partial charge in [-0.1, -0.05) is 74.5 Å². The van der Waals surface area contributed by atoms with Crippen molar-refractivity contribution in [1.29, 1.82) is 0 Å². The Morgan fingerprint density at radius 1 is 0.519 bits per heavy atom. The zero-order valence-corrected chi connectivity index (χ0v) is 45.2. The number of aromatic hydroxyl groups is 1. The van der Waals surface area contributed by atoms with Gasteiger partial charge in [-0.3, -0.25) is 52.7 Å². The lowest BCUT2D eigenvalue weighted by Gasteiger charge is -2.27. The van der Waals surface area contributed by atoms with Gasteiger partial charge in [0.1, 0.15) is 54.1 Å². The number of primary amides is 2. The number of nitrogens with one attached hydrogen (secondary N) is 10. The summed E-state index contributed by atoms with van der Waals surface area (Å²) in [6.07, 6.45) is -0.118. The van der Waals surface area contributed by atoms with E-state index in [4.69, 9.17) is 17.2 Å². The van der Waals surface area contributed by atoms with Crippen molar-refractivity contribution in [2.24, 2.45) is 23.1 Å². The largest absolute Gasteiger partial charge is 0.508 e. The average molecular weight is 1130 g/mol. The lowest BCUT2D eigenvalue weighted by molar-refractivity contribution is -0.142. The van der Waals surface area contributed by atoms with Crippen LogP contribution in [0.2, 0.25) is 0 Å². The second-order valence-corrected chi connectivity index (χ2v) is 19.6. The van der Waals surface area contributed by atoms with Crippen molar-refractivity contribution in [2.45, 2.75) is 121 Å². The summed E-state index contributed by atoms with van der Waals surface area (Å²) in [5.41, 5.74) is 18.3. The quantitative estimate of drug-likeness (QED) is 0.0234. The SMILES string of the molecule is CC(C)C[C@H](NC(=O)[C@H](CC(N)=O)NC(=O)CNC(=O)[C@H](C)NC(=O)[C@H](CCC(N)=O)NC(=O)CN)C(=O)N[C@@H](Cc1c[nH]c2ccccc12)C(=O)N[C@@H](Cc1ccccc1)C(=O)N[C@@H](C)C(=O)N[C@@H](Cc1ccc(O)cc1)C(=O)O. The maximum Gasteiger partial charge on any atom is 0.326 e. The van der Waals surface area contributed by atoms with Crippen LogP contribution in [0.5, 0.6) is 5.75 Å². The molecule has 0 unspecified atom stereocenters. The number of aromatic nitrogens is 1. The van der Waals surface area contributed by atoms with E-state index in [2.05, 4.69) is 52.8 Å². The zero-order valence-electron chi connectivity index (χ0n) is 45.2. The monoisotopic (exact) mass is 1130 g/mol. The first-order chi connectivity index (χ1) is 38.3. The molecule has 436 valence electrons. The number of phenols is 1. The summed E-state index contributed by atoms with van der Waals surface area (Å²) in [5, 5.41) is 42.4. The van der Waals surface area contributed by atoms with E-state index in [1.54, 1.807) is 74.6 Å². The van der Waals surface area contributed by atoms with Gasteiger partial charge in [0, 0.05) is 42.8 Å². The van der Waals surface area contributed by atoms with Gasteiger partial charge in [-0.05, 0) is 67.5 Å². The van der Waals surface area contributed by atoms with Crippen molar-refractivity contribution in [1.82, 2.24) is 52.8 Å². The number of aliphatic carboxylic acids is 1. The summed E-state index contributed by atoms with van der Waals surface area (Å²) in [4.78, 5) is 161. The average Bonchev–Trinajstić information content (AvgIpc) is 3.84. The van der Waals surface area contributed by atoms with Gasteiger partial charge in [-0.2, -0.15) is 0 Å². The minimum absolute atomic E-state index is 0.0419. The molecule has 0 saturated heterocycles. The Morgan fingerprint density at radius 3 is 1.63 bits per heavy atom. The lowest BCUT2D eigenvalue weighted by atomic mass is 9.99. The van der Waals surface area contributed by atoms with Crippen LogP contribution < -0.4 is 65.1 Å². The van der Waals surface area contributed by atoms with Gasteiger partial charge in [-0.15, -0.1) is 0 Å². The molecule has 27 nitrogen and oxygen atoms in total. The summed E-state index contributed by atoms with van der Waals surface area (Å²) in [5.74, 6) is -11.5. The Kier molecular flexibility index (Phi) is 24.7. The Balaban J connectivity index is 1.54. The molecule has 4 aromatic rings. The predicted octanol–water partition coefficient (Wildman–Crippen LogP) is -2.83. The fraction of sp³-hybridized carbons (Fsp3) is 0.407. The molecule has 0 aliphatic rings. The standard InChI is InChI=1S/C54H71N13O14/c1-28(2)20-38(64-53(79)41(24-44(57)70)63-46(72)27-59-47(73)29(3)60-49(75)37(18-19-43(56)69)62-45(71)25-55)51(77)66-40(23-33-26-58-36-13-9-8-12-35(33)36)52(78)65-39(21-31-10-6-5-7-11-31)50(76)61-30(4)48(74)67-42(54(80)81)22-32-14-16-34(68)17-15-32/h5-17,26,28-30,37-42,58,68H,18-25,27,55H2,1-4H3,(H2,56,69)(H2,57,70)(H,59,73)(H,60,75)(H,61,76)(H,62,71)(H,63,72)(H,64,79)(H,65,78)(H,66,77)(H,67,74)(H,80,81)/t29-,30-,37-,38-,39-,40-,41-,42-/m0/s1. The number of phenolic OH excluding ortho intramolecular Hbond substituents is 1. The zero-order chi connectivity index (χ0) is 59.9. The fourth-order valence-electron chi connectivity index (χ4n) is 8.22. The first-order valence-corrected chi connectivity index (χ1v) is 25.9. The van der Waals surface area contributed by atoms with Crippen LogP contribution in [0.25, 0.3) is 10.9 Å². The highest BCUT2D eigenvalue weighted by Crippen LogP contribution is 2.20. The fourth-order valence-corrected chi connectivity index (χ4v) is 8.22. The number of hydrogen-bond donors (Lipinski definition) is 15. The molecule has 3 aromatic carbocycles. The first-order valence-electron chi connectivity index (χ1n) is 25.9. The number of para-hydroxylation sites is 1. The van der Waals surface area contributed by atoms with Crippen LogP contribution >= 0.6 is 0 Å². The molecule has 0 saturated carbocycles. The van der Waals surface area contributed by atoms with E-state index in [-0.39, 0.29) is 50.2 Å². The second-order valence-electron chi connectivity index (χ2n) is 19.6. The van der Waals surface area contributed by atoms with Crippen LogP contribution in [0.15, 0.2) is 85.1 Å². The summed E-state index contributed by atoms with van der Waals surface area (Å²) in [6.45, 7) is 4.79. The topological polar surface area (TPSA) is 447 Å². The number of aromatic amines is 1. The van der Waals surface area contributed by atoms with Gasteiger partial charge in [0.2, 0.25) is 65.0 Å². The van der Waals surface area contributed by atoms with E-state index in [1.807, 2.05) is 0 Å². The number of carboxylic acids is 1. The van der Waals surface area contributed by atoms with Crippen molar-refractivity contribution < 1.29 is 67.7 Å². The number of carbonyl (C=O) groups is 12. The third-order valence-electron chi connectivity index (χ3n) is 12.5. The predicted molar refractivity (Wildman–Crippen MR) is 292 cm³/mol. The molecule has 0 radical (unpaired) electrons. The van der Waals surface area contributed by atoms with Gasteiger partial charge >= 0.3 is 5.97 Å². The smallest absolute Gasteiger partial charge is 0.326 e.